The number of nitrogens with one attached hydrogen (secondary N) is 1. The maximum Gasteiger partial charge on any atom is 0.230 e. The molecule has 0 spiro atoms. The van der Waals surface area contributed by atoms with E-state index < -0.39 is 0 Å². The summed E-state index contributed by atoms with van der Waals surface area (Å²) < 4.78 is 0. The van der Waals surface area contributed by atoms with Crippen LogP contribution in [0, 0.1) is 11.3 Å². The van der Waals surface area contributed by atoms with Crippen LogP contribution in [-0.2, 0) is 10.5 Å². The van der Waals surface area contributed by atoms with Crippen molar-refractivity contribution in [3.05, 3.63) is 35.4 Å². The van der Waals surface area contributed by atoms with E-state index in [1.165, 1.54) is 12.8 Å². The monoisotopic (exact) mass is 315 g/mol. The van der Waals surface area contributed by atoms with Crippen molar-refractivity contribution >= 4 is 17.7 Å². The van der Waals surface area contributed by atoms with Gasteiger partial charge in [0.25, 0.3) is 0 Å². The third-order valence-corrected chi connectivity index (χ3v) is 5.24. The average Bonchev–Trinajstić information content (AvgIpc) is 3.28. The molecule has 4 nitrogen and oxygen atoms in total. The molecule has 0 aromatic heterocycles. The number of thioether (sulfide) groups is 1. The van der Waals surface area contributed by atoms with Crippen molar-refractivity contribution in [1.29, 1.82) is 5.26 Å². The molecule has 0 radical (unpaired) electrons. The molecule has 0 bridgehead atoms. The van der Waals surface area contributed by atoms with E-state index in [2.05, 4.69) is 16.3 Å². The number of carbonyl (C=O) groups excluding carboxylic acids is 1. The minimum atomic E-state index is 0.140. The Bertz CT molecular complexity index is 562. The molecule has 1 atom stereocenters. The standard InChI is InChI=1S/C17H21N3OS/c18-9-13-1-3-14(4-2-13)11-22-12-17(21)19-15-7-8-20(10-15)16-5-6-16/h1-4,15-16H,5-8,10-12H2,(H,19,21)/t15-/m0/s1. The van der Waals surface area contributed by atoms with E-state index >= 15 is 0 Å². The van der Waals surface area contributed by atoms with Gasteiger partial charge in [-0.3, -0.25) is 9.69 Å². The van der Waals surface area contributed by atoms with Crippen molar-refractivity contribution < 1.29 is 4.79 Å². The van der Waals surface area contributed by atoms with Gasteiger partial charge in [0.05, 0.1) is 17.4 Å². The van der Waals surface area contributed by atoms with Gasteiger partial charge in [-0.15, -0.1) is 11.8 Å². The molecule has 3 rings (SSSR count). The van der Waals surface area contributed by atoms with Crippen LogP contribution in [0.4, 0.5) is 0 Å². The van der Waals surface area contributed by atoms with Crippen molar-refractivity contribution in [3.8, 4) is 6.07 Å². The first-order valence-corrected chi connectivity index (χ1v) is 9.00. The molecule has 1 amide bonds. The lowest BCUT2D eigenvalue weighted by Gasteiger charge is -2.15. The summed E-state index contributed by atoms with van der Waals surface area (Å²) in [5, 5.41) is 11.9. The summed E-state index contributed by atoms with van der Waals surface area (Å²) in [7, 11) is 0. The fraction of sp³-hybridized carbons (Fsp3) is 0.529. The fourth-order valence-electron chi connectivity index (χ4n) is 2.88. The SMILES string of the molecule is N#Cc1ccc(CSCC(=O)N[C@H]2CCN(C3CC3)C2)cc1. The highest BCUT2D eigenvalue weighted by molar-refractivity contribution is 7.99. The molecule has 1 heterocycles. The number of likely N-dealkylation sites (tertiary alicyclic amines) is 1. The predicted octanol–water partition coefficient (Wildman–Crippen LogP) is 2.14. The molecule has 5 heteroatoms. The number of benzene rings is 1. The first kappa shape index (κ1) is 15.4. The largest absolute Gasteiger partial charge is 0.351 e. The van der Waals surface area contributed by atoms with Crippen molar-refractivity contribution in [2.45, 2.75) is 37.1 Å². The van der Waals surface area contributed by atoms with Crippen LogP contribution in [-0.4, -0.2) is 41.7 Å². The van der Waals surface area contributed by atoms with Crippen LogP contribution in [0.15, 0.2) is 24.3 Å². The number of hydrogen-bond donors (Lipinski definition) is 1. The van der Waals surface area contributed by atoms with Gasteiger partial charge in [0.1, 0.15) is 0 Å². The highest BCUT2D eigenvalue weighted by Gasteiger charge is 2.34. The Kier molecular flexibility index (Phi) is 5.01. The Morgan fingerprint density at radius 3 is 2.77 bits per heavy atom. The van der Waals surface area contributed by atoms with Crippen molar-refractivity contribution in [1.82, 2.24) is 10.2 Å². The molecule has 0 unspecified atom stereocenters. The molecule has 1 aromatic carbocycles. The highest BCUT2D eigenvalue weighted by Crippen LogP contribution is 2.29. The summed E-state index contributed by atoms with van der Waals surface area (Å²) in [6.45, 7) is 2.16. The van der Waals surface area contributed by atoms with Gasteiger partial charge in [-0.25, -0.2) is 0 Å². The van der Waals surface area contributed by atoms with Crippen molar-refractivity contribution in [2.75, 3.05) is 18.8 Å². The van der Waals surface area contributed by atoms with Crippen LogP contribution < -0.4 is 5.32 Å². The summed E-state index contributed by atoms with van der Waals surface area (Å²) in [6, 6.07) is 10.8. The van der Waals surface area contributed by atoms with Gasteiger partial charge in [-0.2, -0.15) is 5.26 Å². The summed E-state index contributed by atoms with van der Waals surface area (Å²) in [4.78, 5) is 14.5. The normalized spacial score (nSPS) is 21.5. The summed E-state index contributed by atoms with van der Waals surface area (Å²) >= 11 is 1.62. The van der Waals surface area contributed by atoms with E-state index in [1.807, 2.05) is 24.3 Å². The van der Waals surface area contributed by atoms with Crippen molar-refractivity contribution in [3.63, 3.8) is 0 Å². The van der Waals surface area contributed by atoms with Gasteiger partial charge in [0.2, 0.25) is 5.91 Å². The van der Waals surface area contributed by atoms with Gasteiger partial charge in [-0.05, 0) is 37.0 Å². The van der Waals surface area contributed by atoms with Crippen LogP contribution in [0.1, 0.15) is 30.4 Å². The van der Waals surface area contributed by atoms with Gasteiger partial charge in [-0.1, -0.05) is 12.1 Å². The lowest BCUT2D eigenvalue weighted by molar-refractivity contribution is -0.119. The first-order valence-electron chi connectivity index (χ1n) is 7.85. The fourth-order valence-corrected chi connectivity index (χ4v) is 3.68. The number of hydrogen-bond acceptors (Lipinski definition) is 4. The van der Waals surface area contributed by atoms with Crippen LogP contribution >= 0.6 is 11.8 Å². The molecule has 116 valence electrons. The van der Waals surface area contributed by atoms with E-state index in [9.17, 15) is 4.79 Å². The van der Waals surface area contributed by atoms with Gasteiger partial charge < -0.3 is 5.32 Å². The minimum absolute atomic E-state index is 0.140. The number of nitriles is 1. The van der Waals surface area contributed by atoms with E-state index in [4.69, 9.17) is 5.26 Å². The number of nitrogens with zero attached hydrogens (tertiary/aromatic N) is 2. The molecule has 2 fully saturated rings. The lowest BCUT2D eigenvalue weighted by Crippen LogP contribution is -2.38. The number of rotatable bonds is 6. The van der Waals surface area contributed by atoms with Crippen molar-refractivity contribution in [2.24, 2.45) is 0 Å². The Hall–Kier alpha value is -1.51. The molecule has 1 saturated carbocycles. The van der Waals surface area contributed by atoms with Crippen LogP contribution in [0.3, 0.4) is 0 Å². The first-order chi connectivity index (χ1) is 10.7. The third-order valence-electron chi connectivity index (χ3n) is 4.23. The molecule has 1 N–H and O–H groups in total. The average molecular weight is 315 g/mol. The number of carbonyl (C=O) groups is 1. The lowest BCUT2D eigenvalue weighted by atomic mass is 10.2. The van der Waals surface area contributed by atoms with Crippen LogP contribution in [0.25, 0.3) is 0 Å². The molecule has 1 aliphatic heterocycles. The zero-order valence-corrected chi connectivity index (χ0v) is 13.4. The van der Waals surface area contributed by atoms with Crippen LogP contribution in [0.2, 0.25) is 0 Å². The topological polar surface area (TPSA) is 56.1 Å². The Morgan fingerprint density at radius 2 is 2.09 bits per heavy atom. The summed E-state index contributed by atoms with van der Waals surface area (Å²) in [5.74, 6) is 1.44. The predicted molar refractivity (Wildman–Crippen MR) is 88.5 cm³/mol. The second kappa shape index (κ2) is 7.17. The van der Waals surface area contributed by atoms with E-state index in [-0.39, 0.29) is 5.91 Å². The maximum absolute atomic E-state index is 12.0. The van der Waals surface area contributed by atoms with E-state index in [0.29, 0.717) is 17.4 Å². The van der Waals surface area contributed by atoms with Crippen LogP contribution in [0.5, 0.6) is 0 Å². The zero-order chi connectivity index (χ0) is 15.4. The molecular weight excluding hydrogens is 294 g/mol. The minimum Gasteiger partial charge on any atom is -0.351 e. The molecule has 1 aromatic rings. The zero-order valence-electron chi connectivity index (χ0n) is 12.6. The van der Waals surface area contributed by atoms with Gasteiger partial charge in [0.15, 0.2) is 0 Å². The van der Waals surface area contributed by atoms with E-state index in [1.54, 1.807) is 11.8 Å². The van der Waals surface area contributed by atoms with Gasteiger partial charge >= 0.3 is 0 Å². The third kappa shape index (κ3) is 4.25. The van der Waals surface area contributed by atoms with Gasteiger partial charge in [0, 0.05) is 30.9 Å². The quantitative estimate of drug-likeness (QED) is 0.874. The van der Waals surface area contributed by atoms with E-state index in [0.717, 1.165) is 36.9 Å². The Balaban J connectivity index is 1.34. The molecular formula is C17H21N3OS. The summed E-state index contributed by atoms with van der Waals surface area (Å²) in [6.07, 6.45) is 3.75. The molecule has 2 aliphatic rings. The molecule has 1 saturated heterocycles. The molecule has 22 heavy (non-hydrogen) atoms. The second-order valence-corrected chi connectivity index (χ2v) is 7.07. The second-order valence-electron chi connectivity index (χ2n) is 6.08. The summed E-state index contributed by atoms with van der Waals surface area (Å²) in [5.41, 5.74) is 1.82. The Labute approximate surface area is 135 Å². The molecule has 1 aliphatic carbocycles. The number of amides is 1. The maximum atomic E-state index is 12.0. The smallest absolute Gasteiger partial charge is 0.230 e. The highest BCUT2D eigenvalue weighted by atomic mass is 32.2. The Morgan fingerprint density at radius 1 is 1.32 bits per heavy atom.